The molecule has 0 bridgehead atoms. The number of anilines is 2. The molecule has 1 fully saturated rings. The summed E-state index contributed by atoms with van der Waals surface area (Å²) in [4.78, 5) is 41.3. The maximum atomic E-state index is 12.7. The topological polar surface area (TPSA) is 99.1 Å². The molecule has 140 valence electrons. The summed E-state index contributed by atoms with van der Waals surface area (Å²) in [5, 5.41) is 11.9. The molecule has 4 rings (SSSR count). The number of aliphatic imine (C=N–C) groups is 1. The molecule has 2 heterocycles. The maximum Gasteiger partial charge on any atom is 0.307 e. The van der Waals surface area contributed by atoms with E-state index in [1.54, 1.807) is 12.3 Å². The molecule has 1 saturated carbocycles. The van der Waals surface area contributed by atoms with Gasteiger partial charge >= 0.3 is 5.97 Å². The van der Waals surface area contributed by atoms with Crippen molar-refractivity contribution in [2.75, 3.05) is 16.8 Å². The molecule has 0 spiro atoms. The van der Waals surface area contributed by atoms with E-state index in [-0.39, 0.29) is 12.2 Å². The minimum Gasteiger partial charge on any atom is -0.481 e. The molecular weight excluding hydrogens is 346 g/mol. The van der Waals surface area contributed by atoms with Gasteiger partial charge in [0.25, 0.3) is 0 Å². The number of carbonyl (C=O) groups is 3. The predicted molar refractivity (Wildman–Crippen MR) is 101 cm³/mol. The Kier molecular flexibility index (Phi) is 4.51. The molecular formula is C20H21N3O4. The summed E-state index contributed by atoms with van der Waals surface area (Å²) in [6.45, 7) is 0.803. The molecule has 0 saturated heterocycles. The standard InChI is InChI=1S/C20H21N3O4/c24-11-22-20-13(7-17(26)27)5-6-14-19(20)18-15(8-21-9-16(18)25)23(14)10-12-3-1-2-4-12/h5-6,8-9,11-12,18H,1-4,7,10H2,(H,22,24)(H,26,27). The first-order valence-corrected chi connectivity index (χ1v) is 9.22. The highest BCUT2D eigenvalue weighted by atomic mass is 16.4. The zero-order valence-electron chi connectivity index (χ0n) is 14.9. The number of carboxylic acid groups (broad SMARTS) is 1. The second kappa shape index (κ2) is 6.98. The number of nitrogens with zero attached hydrogens (tertiary/aromatic N) is 2. The van der Waals surface area contributed by atoms with Crippen LogP contribution in [0.3, 0.4) is 0 Å². The monoisotopic (exact) mass is 367 g/mol. The van der Waals surface area contributed by atoms with Crippen molar-refractivity contribution < 1.29 is 19.5 Å². The number of carbonyl (C=O) groups excluding carboxylic acids is 2. The van der Waals surface area contributed by atoms with Crippen LogP contribution in [0.1, 0.15) is 42.7 Å². The van der Waals surface area contributed by atoms with Crippen LogP contribution in [-0.2, 0) is 20.8 Å². The summed E-state index contributed by atoms with van der Waals surface area (Å²) in [6.07, 6.45) is 8.09. The molecule has 27 heavy (non-hydrogen) atoms. The minimum atomic E-state index is -0.989. The van der Waals surface area contributed by atoms with Gasteiger partial charge in [0.2, 0.25) is 6.41 Å². The normalized spacial score (nSPS) is 21.0. The third-order valence-corrected chi connectivity index (χ3v) is 5.65. The molecule has 1 amide bonds. The lowest BCUT2D eigenvalue weighted by molar-refractivity contribution is -0.136. The van der Waals surface area contributed by atoms with E-state index in [4.69, 9.17) is 0 Å². The van der Waals surface area contributed by atoms with Gasteiger partial charge in [0.05, 0.1) is 29.9 Å². The second-order valence-corrected chi connectivity index (χ2v) is 7.29. The Labute approximate surface area is 156 Å². The Morgan fingerprint density at radius 2 is 2.11 bits per heavy atom. The first kappa shape index (κ1) is 17.5. The van der Waals surface area contributed by atoms with Crippen molar-refractivity contribution in [1.29, 1.82) is 0 Å². The molecule has 3 aliphatic rings. The van der Waals surface area contributed by atoms with Crippen LogP contribution in [0.2, 0.25) is 0 Å². The molecule has 0 radical (unpaired) electrons. The van der Waals surface area contributed by atoms with Crippen LogP contribution < -0.4 is 10.2 Å². The molecule has 1 atom stereocenters. The molecule has 1 aromatic rings. The van der Waals surface area contributed by atoms with Crippen molar-refractivity contribution in [2.24, 2.45) is 10.9 Å². The lowest BCUT2D eigenvalue weighted by Crippen LogP contribution is -2.28. The summed E-state index contributed by atoms with van der Waals surface area (Å²) >= 11 is 0. The quantitative estimate of drug-likeness (QED) is 0.753. The molecule has 1 unspecified atom stereocenters. The first-order chi connectivity index (χ1) is 13.1. The molecule has 2 N–H and O–H groups in total. The molecule has 7 heteroatoms. The maximum absolute atomic E-state index is 12.7. The van der Waals surface area contributed by atoms with Gasteiger partial charge in [-0.2, -0.15) is 0 Å². The summed E-state index contributed by atoms with van der Waals surface area (Å²) in [5.74, 6) is -1.13. The van der Waals surface area contributed by atoms with Crippen LogP contribution in [0.4, 0.5) is 11.4 Å². The van der Waals surface area contributed by atoms with E-state index in [0.717, 1.165) is 30.8 Å². The SMILES string of the molecule is O=CNc1c(CC(=O)O)ccc2c1C1C(=O)C=NC=C1N2CC1CCCC1. The van der Waals surface area contributed by atoms with Gasteiger partial charge in [-0.1, -0.05) is 18.9 Å². The van der Waals surface area contributed by atoms with Gasteiger partial charge in [-0.05, 0) is 30.4 Å². The second-order valence-electron chi connectivity index (χ2n) is 7.29. The van der Waals surface area contributed by atoms with Crippen molar-refractivity contribution in [3.05, 3.63) is 35.2 Å². The number of aliphatic carboxylic acids is 1. The zero-order chi connectivity index (χ0) is 19.0. The van der Waals surface area contributed by atoms with Crippen molar-refractivity contribution in [3.63, 3.8) is 0 Å². The van der Waals surface area contributed by atoms with Crippen molar-refractivity contribution in [3.8, 4) is 0 Å². The lowest BCUT2D eigenvalue weighted by Gasteiger charge is -2.26. The van der Waals surface area contributed by atoms with Gasteiger partial charge in [0, 0.05) is 24.0 Å². The molecule has 2 aliphatic heterocycles. The van der Waals surface area contributed by atoms with Gasteiger partial charge in [-0.25, -0.2) is 0 Å². The summed E-state index contributed by atoms with van der Waals surface area (Å²) in [7, 11) is 0. The van der Waals surface area contributed by atoms with Crippen molar-refractivity contribution in [1.82, 2.24) is 0 Å². The lowest BCUT2D eigenvalue weighted by atomic mass is 9.90. The fourth-order valence-corrected chi connectivity index (χ4v) is 4.51. The molecule has 1 aromatic carbocycles. The predicted octanol–water partition coefficient (Wildman–Crippen LogP) is 2.47. The number of nitrogens with one attached hydrogen (secondary N) is 1. The van der Waals surface area contributed by atoms with E-state index in [0.29, 0.717) is 29.1 Å². The van der Waals surface area contributed by atoms with E-state index in [9.17, 15) is 19.5 Å². The Balaban J connectivity index is 1.84. The van der Waals surface area contributed by atoms with Crippen molar-refractivity contribution >= 4 is 35.8 Å². The number of carboxylic acids is 1. The number of amides is 1. The van der Waals surface area contributed by atoms with E-state index in [1.165, 1.54) is 19.1 Å². The first-order valence-electron chi connectivity index (χ1n) is 9.22. The number of hydrogen-bond donors (Lipinski definition) is 2. The van der Waals surface area contributed by atoms with Gasteiger partial charge in [-0.15, -0.1) is 0 Å². The van der Waals surface area contributed by atoms with Gasteiger partial charge in [0.15, 0.2) is 5.78 Å². The van der Waals surface area contributed by atoms with Crippen LogP contribution in [-0.4, -0.2) is 36.0 Å². The number of benzene rings is 1. The molecule has 7 nitrogen and oxygen atoms in total. The van der Waals surface area contributed by atoms with E-state index in [1.807, 2.05) is 6.07 Å². The number of rotatable bonds is 6. The number of ketones is 1. The van der Waals surface area contributed by atoms with Crippen LogP contribution in [0.5, 0.6) is 0 Å². The minimum absolute atomic E-state index is 0.149. The van der Waals surface area contributed by atoms with Crippen LogP contribution in [0, 0.1) is 5.92 Å². The summed E-state index contributed by atoms with van der Waals surface area (Å²) < 4.78 is 0. The van der Waals surface area contributed by atoms with Gasteiger partial charge in [0.1, 0.15) is 0 Å². The van der Waals surface area contributed by atoms with E-state index >= 15 is 0 Å². The molecule has 1 aliphatic carbocycles. The summed E-state index contributed by atoms with van der Waals surface area (Å²) in [6, 6.07) is 3.59. The number of hydrogen-bond acceptors (Lipinski definition) is 5. The highest BCUT2D eigenvalue weighted by Gasteiger charge is 2.42. The Bertz CT molecular complexity index is 868. The smallest absolute Gasteiger partial charge is 0.307 e. The van der Waals surface area contributed by atoms with Crippen LogP contribution in [0.25, 0.3) is 0 Å². The fraction of sp³-hybridized carbons (Fsp3) is 0.400. The highest BCUT2D eigenvalue weighted by Crippen LogP contribution is 2.50. The van der Waals surface area contributed by atoms with E-state index in [2.05, 4.69) is 15.2 Å². The third-order valence-electron chi connectivity index (χ3n) is 5.65. The van der Waals surface area contributed by atoms with Crippen LogP contribution in [0.15, 0.2) is 29.0 Å². The average Bonchev–Trinajstić information content (AvgIpc) is 3.25. The highest BCUT2D eigenvalue weighted by molar-refractivity contribution is 6.33. The number of Topliss-reactive ketones (excluding diaryl/α,β-unsaturated/α-hetero) is 1. The number of allylic oxidation sites excluding steroid dienone is 1. The zero-order valence-corrected chi connectivity index (χ0v) is 14.9. The number of fused-ring (bicyclic) bond motifs is 3. The fourth-order valence-electron chi connectivity index (χ4n) is 4.51. The summed E-state index contributed by atoms with van der Waals surface area (Å²) in [5.41, 5.74) is 3.27. The van der Waals surface area contributed by atoms with Gasteiger partial charge < -0.3 is 15.3 Å². The molecule has 0 aromatic heterocycles. The van der Waals surface area contributed by atoms with Crippen molar-refractivity contribution in [2.45, 2.75) is 38.0 Å². The largest absolute Gasteiger partial charge is 0.481 e. The Morgan fingerprint density at radius 3 is 2.81 bits per heavy atom. The Hall–Kier alpha value is -2.96. The van der Waals surface area contributed by atoms with Gasteiger partial charge in [-0.3, -0.25) is 19.4 Å². The Morgan fingerprint density at radius 1 is 1.33 bits per heavy atom. The third kappa shape index (κ3) is 3.03. The average molecular weight is 367 g/mol. The van der Waals surface area contributed by atoms with Crippen LogP contribution >= 0.6 is 0 Å². The van der Waals surface area contributed by atoms with E-state index < -0.39 is 11.9 Å².